The van der Waals surface area contributed by atoms with E-state index in [1.54, 1.807) is 23.7 Å². The molecule has 1 N–H and O–H groups in total. The van der Waals surface area contributed by atoms with Crippen molar-refractivity contribution in [1.29, 1.82) is 0 Å². The van der Waals surface area contributed by atoms with Gasteiger partial charge >= 0.3 is 0 Å². The Balaban J connectivity index is 1.38. The van der Waals surface area contributed by atoms with Crippen LogP contribution < -0.4 is 5.32 Å². The third-order valence-corrected chi connectivity index (χ3v) is 4.82. The van der Waals surface area contributed by atoms with Crippen molar-refractivity contribution >= 4 is 17.2 Å². The molecule has 7 heteroatoms. The fourth-order valence-corrected chi connectivity index (χ4v) is 3.40. The first-order valence-electron chi connectivity index (χ1n) is 8.23. The number of hydrogen-bond donors (Lipinski definition) is 1. The number of thiazole rings is 1. The summed E-state index contributed by atoms with van der Waals surface area (Å²) in [5.41, 5.74) is 1.80. The van der Waals surface area contributed by atoms with Crippen LogP contribution in [-0.4, -0.2) is 60.2 Å². The summed E-state index contributed by atoms with van der Waals surface area (Å²) in [5, 5.41) is 5.82. The largest absolute Gasteiger partial charge is 0.379 e. The number of aromatic nitrogens is 2. The van der Waals surface area contributed by atoms with Crippen LogP contribution in [0.2, 0.25) is 0 Å². The lowest BCUT2D eigenvalue weighted by atomic mass is 10.3. The lowest BCUT2D eigenvalue weighted by molar-refractivity contribution is -0.120. The second kappa shape index (κ2) is 8.86. The average Bonchev–Trinajstić information content (AvgIpc) is 3.09. The summed E-state index contributed by atoms with van der Waals surface area (Å²) in [4.78, 5) is 23.0. The Morgan fingerprint density at radius 1 is 1.38 bits per heavy atom. The van der Waals surface area contributed by atoms with Gasteiger partial charge < -0.3 is 10.1 Å². The number of amides is 1. The third-order valence-electron chi connectivity index (χ3n) is 3.88. The van der Waals surface area contributed by atoms with Crippen molar-refractivity contribution in [2.45, 2.75) is 12.8 Å². The van der Waals surface area contributed by atoms with E-state index in [1.807, 2.05) is 17.5 Å². The number of hydrogen-bond acceptors (Lipinski definition) is 6. The molecular weight excluding hydrogens is 324 g/mol. The van der Waals surface area contributed by atoms with Gasteiger partial charge in [-0.25, -0.2) is 4.98 Å². The molecule has 2 aromatic rings. The molecule has 1 amide bonds. The Kier molecular flexibility index (Phi) is 6.28. The minimum absolute atomic E-state index is 0.0278. The van der Waals surface area contributed by atoms with Crippen molar-refractivity contribution in [1.82, 2.24) is 20.2 Å². The molecule has 3 rings (SSSR count). The molecule has 24 heavy (non-hydrogen) atoms. The number of nitrogens with one attached hydrogen (secondary N) is 1. The molecule has 0 aliphatic carbocycles. The van der Waals surface area contributed by atoms with Crippen LogP contribution in [0.15, 0.2) is 29.9 Å². The highest BCUT2D eigenvalue weighted by Crippen LogP contribution is 2.22. The summed E-state index contributed by atoms with van der Waals surface area (Å²) in [6.07, 6.45) is 4.81. The fraction of sp³-hybridized carbons (Fsp3) is 0.471. The highest BCUT2D eigenvalue weighted by Gasteiger charge is 2.11. The Bertz CT molecular complexity index is 641. The van der Waals surface area contributed by atoms with Crippen LogP contribution in [0.1, 0.15) is 12.1 Å². The minimum Gasteiger partial charge on any atom is -0.379 e. The zero-order valence-electron chi connectivity index (χ0n) is 13.6. The van der Waals surface area contributed by atoms with E-state index in [0.29, 0.717) is 13.0 Å². The fourth-order valence-electron chi connectivity index (χ4n) is 2.59. The quantitative estimate of drug-likeness (QED) is 0.771. The maximum Gasteiger partial charge on any atom is 0.226 e. The third kappa shape index (κ3) is 5.09. The molecule has 0 bridgehead atoms. The molecule has 0 spiro atoms. The average molecular weight is 346 g/mol. The number of pyridine rings is 1. The monoisotopic (exact) mass is 346 g/mol. The normalized spacial score (nSPS) is 15.3. The molecule has 0 radical (unpaired) electrons. The molecule has 0 aromatic carbocycles. The van der Waals surface area contributed by atoms with Crippen molar-refractivity contribution in [3.05, 3.63) is 35.6 Å². The SMILES string of the molecule is O=C(Cc1csc(-c2cccnc2)n1)NCCCN1CCOCC1. The standard InChI is InChI=1S/C17H22N4O2S/c22-16(19-5-2-6-21-7-9-23-10-8-21)11-15-13-24-17(20-15)14-3-1-4-18-12-14/h1,3-4,12-13H,2,5-11H2,(H,19,22). The van der Waals surface area contributed by atoms with E-state index in [-0.39, 0.29) is 5.91 Å². The van der Waals surface area contributed by atoms with Gasteiger partial charge in [-0.2, -0.15) is 0 Å². The molecular formula is C17H22N4O2S. The summed E-state index contributed by atoms with van der Waals surface area (Å²) >= 11 is 1.54. The molecule has 6 nitrogen and oxygen atoms in total. The predicted molar refractivity (Wildman–Crippen MR) is 93.9 cm³/mol. The van der Waals surface area contributed by atoms with Crippen LogP contribution >= 0.6 is 11.3 Å². The van der Waals surface area contributed by atoms with Gasteiger partial charge in [0.2, 0.25) is 5.91 Å². The van der Waals surface area contributed by atoms with Crippen LogP contribution in [0, 0.1) is 0 Å². The lowest BCUT2D eigenvalue weighted by Gasteiger charge is -2.26. The van der Waals surface area contributed by atoms with E-state index in [9.17, 15) is 4.79 Å². The molecule has 1 aliphatic rings. The van der Waals surface area contributed by atoms with Gasteiger partial charge in [0.25, 0.3) is 0 Å². The van der Waals surface area contributed by atoms with Crippen LogP contribution in [-0.2, 0) is 16.0 Å². The van der Waals surface area contributed by atoms with Crippen LogP contribution in [0.25, 0.3) is 10.6 Å². The predicted octanol–water partition coefficient (Wildman–Crippen LogP) is 1.59. The smallest absolute Gasteiger partial charge is 0.226 e. The second-order valence-corrected chi connectivity index (χ2v) is 6.58. The number of nitrogens with zero attached hydrogens (tertiary/aromatic N) is 3. The topological polar surface area (TPSA) is 67.4 Å². The minimum atomic E-state index is 0.0278. The van der Waals surface area contributed by atoms with E-state index in [1.165, 1.54) is 0 Å². The van der Waals surface area contributed by atoms with E-state index in [0.717, 1.165) is 55.5 Å². The number of carbonyl (C=O) groups excluding carboxylic acids is 1. The first kappa shape index (κ1) is 17.0. The molecule has 1 aliphatic heterocycles. The number of carbonyl (C=O) groups is 1. The Labute approximate surface area is 145 Å². The van der Waals surface area contributed by atoms with Gasteiger partial charge in [0, 0.05) is 43.0 Å². The lowest BCUT2D eigenvalue weighted by Crippen LogP contribution is -2.38. The molecule has 0 atom stereocenters. The first-order chi connectivity index (χ1) is 11.8. The molecule has 3 heterocycles. The van der Waals surface area contributed by atoms with Crippen molar-refractivity contribution in [2.75, 3.05) is 39.4 Å². The van der Waals surface area contributed by atoms with Gasteiger partial charge in [0.1, 0.15) is 5.01 Å². The van der Waals surface area contributed by atoms with Crippen LogP contribution in [0.3, 0.4) is 0 Å². The van der Waals surface area contributed by atoms with Gasteiger partial charge in [0.15, 0.2) is 0 Å². The zero-order chi connectivity index (χ0) is 16.6. The summed E-state index contributed by atoms with van der Waals surface area (Å²) < 4.78 is 5.32. The van der Waals surface area contributed by atoms with Crippen molar-refractivity contribution in [2.24, 2.45) is 0 Å². The van der Waals surface area contributed by atoms with Crippen LogP contribution in [0.4, 0.5) is 0 Å². The molecule has 2 aromatic heterocycles. The molecule has 0 unspecified atom stereocenters. The Morgan fingerprint density at radius 3 is 3.04 bits per heavy atom. The molecule has 128 valence electrons. The Hall–Kier alpha value is -1.83. The van der Waals surface area contributed by atoms with E-state index >= 15 is 0 Å². The van der Waals surface area contributed by atoms with E-state index < -0.39 is 0 Å². The summed E-state index contributed by atoms with van der Waals surface area (Å²) in [7, 11) is 0. The zero-order valence-corrected chi connectivity index (χ0v) is 14.4. The summed E-state index contributed by atoms with van der Waals surface area (Å²) in [6, 6.07) is 3.86. The van der Waals surface area contributed by atoms with Gasteiger partial charge in [-0.1, -0.05) is 0 Å². The van der Waals surface area contributed by atoms with Gasteiger partial charge in [0.05, 0.1) is 25.3 Å². The number of ether oxygens (including phenoxy) is 1. The second-order valence-electron chi connectivity index (χ2n) is 5.72. The summed E-state index contributed by atoms with van der Waals surface area (Å²) in [6.45, 7) is 5.32. The number of morpholine rings is 1. The molecule has 0 saturated carbocycles. The van der Waals surface area contributed by atoms with Crippen molar-refractivity contribution in [3.8, 4) is 10.6 Å². The van der Waals surface area contributed by atoms with Crippen LogP contribution in [0.5, 0.6) is 0 Å². The maximum absolute atomic E-state index is 12.0. The molecule has 1 saturated heterocycles. The maximum atomic E-state index is 12.0. The van der Waals surface area contributed by atoms with E-state index in [4.69, 9.17) is 4.74 Å². The Morgan fingerprint density at radius 2 is 2.25 bits per heavy atom. The van der Waals surface area contributed by atoms with Gasteiger partial charge in [-0.05, 0) is 25.1 Å². The van der Waals surface area contributed by atoms with E-state index in [2.05, 4.69) is 20.2 Å². The van der Waals surface area contributed by atoms with Crippen molar-refractivity contribution in [3.63, 3.8) is 0 Å². The van der Waals surface area contributed by atoms with Gasteiger partial charge in [-0.3, -0.25) is 14.7 Å². The highest BCUT2D eigenvalue weighted by molar-refractivity contribution is 7.13. The summed E-state index contributed by atoms with van der Waals surface area (Å²) in [5.74, 6) is 0.0278. The first-order valence-corrected chi connectivity index (χ1v) is 9.11. The number of rotatable bonds is 7. The molecule has 1 fully saturated rings. The van der Waals surface area contributed by atoms with Gasteiger partial charge in [-0.15, -0.1) is 11.3 Å². The van der Waals surface area contributed by atoms with Crippen molar-refractivity contribution < 1.29 is 9.53 Å². The highest BCUT2D eigenvalue weighted by atomic mass is 32.1.